The molecule has 0 aliphatic carbocycles. The molecule has 0 radical (unpaired) electrons. The average molecular weight is 189 g/mol. The molecule has 1 saturated heterocycles. The van der Waals surface area contributed by atoms with Gasteiger partial charge in [-0.25, -0.2) is 0 Å². The van der Waals surface area contributed by atoms with Gasteiger partial charge in [0.05, 0.1) is 0 Å². The van der Waals surface area contributed by atoms with Crippen LogP contribution < -0.4 is 0 Å². The second-order valence-corrected chi connectivity index (χ2v) is 3.97. The lowest BCUT2D eigenvalue weighted by molar-refractivity contribution is 0.165. The van der Waals surface area contributed by atoms with Gasteiger partial charge in [-0.05, 0) is 38.3 Å². The van der Waals surface area contributed by atoms with Crippen molar-refractivity contribution in [2.45, 2.75) is 19.3 Å². The zero-order chi connectivity index (χ0) is 8.81. The lowest BCUT2D eigenvalue weighted by atomic mass is 9.94. The van der Waals surface area contributed by atoms with E-state index in [9.17, 15) is 0 Å². The molecule has 0 saturated carbocycles. The number of thiol groups is 1. The Kier molecular flexibility index (Phi) is 5.04. The van der Waals surface area contributed by atoms with Crippen LogP contribution in [-0.4, -0.2) is 42.0 Å². The van der Waals surface area contributed by atoms with Gasteiger partial charge >= 0.3 is 0 Å². The van der Waals surface area contributed by atoms with Gasteiger partial charge in [0, 0.05) is 18.9 Å². The van der Waals surface area contributed by atoms with E-state index >= 15 is 0 Å². The SMILES string of the molecule is OCCC1CCN(CCS)CC1. The monoisotopic (exact) mass is 189 g/mol. The van der Waals surface area contributed by atoms with Gasteiger partial charge in [0.15, 0.2) is 0 Å². The zero-order valence-corrected chi connectivity index (χ0v) is 8.47. The number of hydrogen-bond acceptors (Lipinski definition) is 3. The molecule has 1 heterocycles. The van der Waals surface area contributed by atoms with Crippen LogP contribution >= 0.6 is 12.6 Å². The summed E-state index contributed by atoms with van der Waals surface area (Å²) in [5.74, 6) is 1.73. The summed E-state index contributed by atoms with van der Waals surface area (Å²) in [7, 11) is 0. The molecule has 1 aliphatic rings. The third-order valence-corrected chi connectivity index (χ3v) is 2.86. The maximum atomic E-state index is 8.76. The minimum Gasteiger partial charge on any atom is -0.396 e. The van der Waals surface area contributed by atoms with E-state index < -0.39 is 0 Å². The molecule has 1 fully saturated rings. The van der Waals surface area contributed by atoms with Gasteiger partial charge in [0.25, 0.3) is 0 Å². The highest BCUT2D eigenvalue weighted by molar-refractivity contribution is 7.80. The van der Waals surface area contributed by atoms with Crippen LogP contribution in [0.3, 0.4) is 0 Å². The molecular weight excluding hydrogens is 170 g/mol. The van der Waals surface area contributed by atoms with Crippen molar-refractivity contribution < 1.29 is 5.11 Å². The van der Waals surface area contributed by atoms with Crippen molar-refractivity contribution in [3.63, 3.8) is 0 Å². The van der Waals surface area contributed by atoms with Crippen LogP contribution in [0.1, 0.15) is 19.3 Å². The Labute approximate surface area is 80.4 Å². The van der Waals surface area contributed by atoms with E-state index in [1.54, 1.807) is 0 Å². The van der Waals surface area contributed by atoms with Crippen LogP contribution in [0.5, 0.6) is 0 Å². The fourth-order valence-corrected chi connectivity index (χ4v) is 2.11. The predicted molar refractivity (Wildman–Crippen MR) is 54.7 cm³/mol. The summed E-state index contributed by atoms with van der Waals surface area (Å²) in [6, 6.07) is 0. The van der Waals surface area contributed by atoms with E-state index in [0.717, 1.165) is 24.6 Å². The molecule has 0 atom stereocenters. The normalized spacial score (nSPS) is 21.5. The van der Waals surface area contributed by atoms with Gasteiger partial charge in [0.2, 0.25) is 0 Å². The molecule has 0 aromatic carbocycles. The molecule has 1 N–H and O–H groups in total. The summed E-state index contributed by atoms with van der Waals surface area (Å²) in [4.78, 5) is 2.46. The van der Waals surface area contributed by atoms with E-state index in [2.05, 4.69) is 17.5 Å². The summed E-state index contributed by atoms with van der Waals surface area (Å²) >= 11 is 4.21. The maximum Gasteiger partial charge on any atom is 0.0433 e. The molecule has 1 rings (SSSR count). The lowest BCUT2D eigenvalue weighted by Crippen LogP contribution is -2.35. The molecule has 0 aromatic rings. The van der Waals surface area contributed by atoms with Crippen LogP contribution in [-0.2, 0) is 0 Å². The number of rotatable bonds is 4. The van der Waals surface area contributed by atoms with Gasteiger partial charge in [-0.3, -0.25) is 0 Å². The highest BCUT2D eigenvalue weighted by atomic mass is 32.1. The van der Waals surface area contributed by atoms with Crippen molar-refractivity contribution in [3.8, 4) is 0 Å². The number of aliphatic hydroxyl groups is 1. The summed E-state index contributed by atoms with van der Waals surface area (Å²) in [6.07, 6.45) is 3.51. The average Bonchev–Trinajstić information content (AvgIpc) is 2.09. The Bertz CT molecular complexity index is 99.1. The van der Waals surface area contributed by atoms with Gasteiger partial charge in [0.1, 0.15) is 0 Å². The summed E-state index contributed by atoms with van der Waals surface area (Å²) in [5.41, 5.74) is 0. The molecule has 3 heteroatoms. The smallest absolute Gasteiger partial charge is 0.0433 e. The second kappa shape index (κ2) is 5.84. The molecule has 2 nitrogen and oxygen atoms in total. The summed E-state index contributed by atoms with van der Waals surface area (Å²) in [5, 5.41) is 8.76. The first-order valence-corrected chi connectivity index (χ1v) is 5.44. The van der Waals surface area contributed by atoms with Crippen molar-refractivity contribution in [2.75, 3.05) is 32.0 Å². The van der Waals surface area contributed by atoms with Crippen molar-refractivity contribution >= 4 is 12.6 Å². The standard InChI is InChI=1S/C9H19NOS/c11-7-3-9-1-4-10(5-2-9)6-8-12/h9,11-12H,1-8H2. The van der Waals surface area contributed by atoms with Crippen LogP contribution in [0.15, 0.2) is 0 Å². The minimum absolute atomic E-state index is 0.358. The topological polar surface area (TPSA) is 23.5 Å². The van der Waals surface area contributed by atoms with Crippen LogP contribution in [0.2, 0.25) is 0 Å². The third-order valence-electron chi connectivity index (χ3n) is 2.66. The fourth-order valence-electron chi connectivity index (χ4n) is 1.82. The highest BCUT2D eigenvalue weighted by Gasteiger charge is 2.17. The van der Waals surface area contributed by atoms with Gasteiger partial charge in [-0.2, -0.15) is 12.6 Å². The summed E-state index contributed by atoms with van der Waals surface area (Å²) < 4.78 is 0. The van der Waals surface area contributed by atoms with Crippen molar-refractivity contribution in [3.05, 3.63) is 0 Å². The Morgan fingerprint density at radius 3 is 2.50 bits per heavy atom. The third kappa shape index (κ3) is 3.33. The van der Waals surface area contributed by atoms with Crippen LogP contribution in [0.4, 0.5) is 0 Å². The summed E-state index contributed by atoms with van der Waals surface area (Å²) in [6.45, 7) is 3.88. The molecule has 0 amide bonds. The lowest BCUT2D eigenvalue weighted by Gasteiger charge is -2.31. The molecule has 1 aliphatic heterocycles. The Morgan fingerprint density at radius 1 is 1.33 bits per heavy atom. The Morgan fingerprint density at radius 2 is 2.00 bits per heavy atom. The minimum atomic E-state index is 0.358. The largest absolute Gasteiger partial charge is 0.396 e. The molecule has 0 unspecified atom stereocenters. The molecule has 0 bridgehead atoms. The van der Waals surface area contributed by atoms with E-state index in [0.29, 0.717) is 6.61 Å². The van der Waals surface area contributed by atoms with Crippen LogP contribution in [0, 0.1) is 5.92 Å². The van der Waals surface area contributed by atoms with E-state index in [-0.39, 0.29) is 0 Å². The number of aliphatic hydroxyl groups excluding tert-OH is 1. The first-order valence-electron chi connectivity index (χ1n) is 4.81. The van der Waals surface area contributed by atoms with Crippen LogP contribution in [0.25, 0.3) is 0 Å². The van der Waals surface area contributed by atoms with E-state index in [1.165, 1.54) is 25.9 Å². The molecule has 12 heavy (non-hydrogen) atoms. The Hall–Kier alpha value is 0.270. The van der Waals surface area contributed by atoms with Crippen molar-refractivity contribution in [1.29, 1.82) is 0 Å². The van der Waals surface area contributed by atoms with Gasteiger partial charge in [-0.15, -0.1) is 0 Å². The number of likely N-dealkylation sites (tertiary alicyclic amines) is 1. The van der Waals surface area contributed by atoms with Gasteiger partial charge < -0.3 is 10.0 Å². The highest BCUT2D eigenvalue weighted by Crippen LogP contribution is 2.19. The first kappa shape index (κ1) is 10.4. The van der Waals surface area contributed by atoms with E-state index in [1.807, 2.05) is 0 Å². The quantitative estimate of drug-likeness (QED) is 0.645. The number of hydrogen-bond donors (Lipinski definition) is 2. The van der Waals surface area contributed by atoms with E-state index in [4.69, 9.17) is 5.11 Å². The van der Waals surface area contributed by atoms with Crippen molar-refractivity contribution in [1.82, 2.24) is 4.90 Å². The van der Waals surface area contributed by atoms with Gasteiger partial charge in [-0.1, -0.05) is 0 Å². The predicted octanol–water partition coefficient (Wildman–Crippen LogP) is 1.01. The number of piperidine rings is 1. The second-order valence-electron chi connectivity index (χ2n) is 3.52. The number of nitrogens with zero attached hydrogens (tertiary/aromatic N) is 1. The molecule has 72 valence electrons. The zero-order valence-electron chi connectivity index (χ0n) is 7.58. The first-order chi connectivity index (χ1) is 5.86. The molecular formula is C9H19NOS. The fraction of sp³-hybridized carbons (Fsp3) is 1.00. The molecule has 0 spiro atoms. The maximum absolute atomic E-state index is 8.76. The Balaban J connectivity index is 2.11. The molecule has 0 aromatic heterocycles. The van der Waals surface area contributed by atoms with Crippen molar-refractivity contribution in [2.24, 2.45) is 5.92 Å².